The maximum Gasteiger partial charge on any atom is 0.278 e. The SMILES string of the molecule is CCCCCCCC[n+]1cccc(C(=O)N2c3c(nc(NC(=O)C(C)C)[nH]c3=O)N[C@H](C)[C@H]2C)c1. The number of amides is 2. The molecular formula is C26H39N6O3+. The van der Waals surface area contributed by atoms with Crippen LogP contribution >= 0.6 is 0 Å². The number of rotatable bonds is 10. The van der Waals surface area contributed by atoms with Crippen LogP contribution < -0.4 is 25.7 Å². The van der Waals surface area contributed by atoms with E-state index >= 15 is 0 Å². The predicted octanol–water partition coefficient (Wildman–Crippen LogP) is 3.86. The Bertz CT molecular complexity index is 1100. The lowest BCUT2D eigenvalue weighted by atomic mass is 10.0. The molecule has 1 aliphatic heterocycles. The summed E-state index contributed by atoms with van der Waals surface area (Å²) in [6.07, 6.45) is 11.1. The molecule has 0 saturated heterocycles. The van der Waals surface area contributed by atoms with E-state index in [9.17, 15) is 14.4 Å². The van der Waals surface area contributed by atoms with Gasteiger partial charge in [-0.15, -0.1) is 0 Å². The van der Waals surface area contributed by atoms with Gasteiger partial charge in [-0.05, 0) is 26.3 Å². The van der Waals surface area contributed by atoms with Gasteiger partial charge in [0.05, 0.1) is 6.04 Å². The van der Waals surface area contributed by atoms with Crippen molar-refractivity contribution in [1.29, 1.82) is 0 Å². The Labute approximate surface area is 207 Å². The van der Waals surface area contributed by atoms with Crippen molar-refractivity contribution >= 4 is 29.3 Å². The minimum absolute atomic E-state index is 0.0607. The Morgan fingerprint density at radius 3 is 2.60 bits per heavy atom. The molecule has 3 N–H and O–H groups in total. The van der Waals surface area contributed by atoms with Gasteiger partial charge in [-0.2, -0.15) is 4.98 Å². The summed E-state index contributed by atoms with van der Waals surface area (Å²) in [6.45, 7) is 10.4. The number of unbranched alkanes of at least 4 members (excludes halogenated alkanes) is 5. The van der Waals surface area contributed by atoms with Crippen molar-refractivity contribution < 1.29 is 14.2 Å². The molecule has 0 aromatic carbocycles. The van der Waals surface area contributed by atoms with Crippen molar-refractivity contribution in [1.82, 2.24) is 9.97 Å². The Morgan fingerprint density at radius 1 is 1.17 bits per heavy atom. The zero-order valence-electron chi connectivity index (χ0n) is 21.6. The number of fused-ring (bicyclic) bond motifs is 1. The van der Waals surface area contributed by atoms with E-state index in [0.717, 1.165) is 13.0 Å². The van der Waals surface area contributed by atoms with Crippen LogP contribution in [0.3, 0.4) is 0 Å². The van der Waals surface area contributed by atoms with Crippen LogP contribution in [0.1, 0.15) is 83.5 Å². The van der Waals surface area contributed by atoms with Crippen LogP contribution in [0, 0.1) is 5.92 Å². The molecule has 0 unspecified atom stereocenters. The zero-order valence-corrected chi connectivity index (χ0v) is 21.6. The number of aromatic nitrogens is 3. The molecule has 2 atom stereocenters. The third kappa shape index (κ3) is 6.46. The van der Waals surface area contributed by atoms with Gasteiger partial charge in [-0.3, -0.25) is 29.6 Å². The molecule has 9 heteroatoms. The first-order chi connectivity index (χ1) is 16.7. The first-order valence-electron chi connectivity index (χ1n) is 12.8. The Hall–Kier alpha value is -3.23. The van der Waals surface area contributed by atoms with E-state index in [0.29, 0.717) is 5.56 Å². The van der Waals surface area contributed by atoms with Gasteiger partial charge in [0.2, 0.25) is 11.9 Å². The van der Waals surface area contributed by atoms with Crippen molar-refractivity contribution in [3.8, 4) is 0 Å². The van der Waals surface area contributed by atoms with E-state index in [-0.39, 0.29) is 47.3 Å². The van der Waals surface area contributed by atoms with Crippen molar-refractivity contribution in [3.63, 3.8) is 0 Å². The van der Waals surface area contributed by atoms with Crippen molar-refractivity contribution in [2.75, 3.05) is 15.5 Å². The van der Waals surface area contributed by atoms with Crippen LogP contribution in [-0.2, 0) is 11.3 Å². The number of carbonyl (C=O) groups is 2. The van der Waals surface area contributed by atoms with Gasteiger partial charge in [0.15, 0.2) is 23.9 Å². The number of nitrogens with one attached hydrogen (secondary N) is 3. The van der Waals surface area contributed by atoms with Crippen LogP contribution in [0.15, 0.2) is 29.3 Å². The molecule has 35 heavy (non-hydrogen) atoms. The third-order valence-corrected chi connectivity index (χ3v) is 6.49. The van der Waals surface area contributed by atoms with Crippen molar-refractivity contribution in [3.05, 3.63) is 40.4 Å². The topological polar surface area (TPSA) is 111 Å². The molecule has 9 nitrogen and oxygen atoms in total. The fourth-order valence-corrected chi connectivity index (χ4v) is 4.16. The number of aromatic amines is 1. The predicted molar refractivity (Wildman–Crippen MR) is 138 cm³/mol. The molecule has 0 fully saturated rings. The van der Waals surface area contributed by atoms with Gasteiger partial charge in [0, 0.05) is 24.4 Å². The zero-order chi connectivity index (χ0) is 25.5. The number of H-pyrrole nitrogens is 1. The fourth-order valence-electron chi connectivity index (χ4n) is 4.16. The summed E-state index contributed by atoms with van der Waals surface area (Å²) in [5.41, 5.74) is 0.195. The number of hydrogen-bond acceptors (Lipinski definition) is 5. The lowest BCUT2D eigenvalue weighted by Crippen LogP contribution is -2.53. The molecule has 0 aliphatic carbocycles. The van der Waals surface area contributed by atoms with Gasteiger partial charge < -0.3 is 5.32 Å². The standard InChI is InChI=1S/C26H38N6O3/c1-6-7-8-9-10-11-14-31-15-12-13-20(16-31)25(35)32-19(5)18(4)27-22-21(32)24(34)30-26(28-22)29-23(33)17(2)3/h12-13,15-19H,6-11,14H2,1-5H3,(H2-,27,28,29,30,33,34)/p+1/t18-,19-/m1/s1. The van der Waals surface area contributed by atoms with E-state index < -0.39 is 5.56 Å². The maximum absolute atomic E-state index is 13.7. The molecule has 3 rings (SSSR count). The van der Waals surface area contributed by atoms with E-state index in [1.165, 1.54) is 37.0 Å². The third-order valence-electron chi connectivity index (χ3n) is 6.49. The summed E-state index contributed by atoms with van der Waals surface area (Å²) in [4.78, 5) is 47.3. The number of pyridine rings is 1. The molecule has 3 heterocycles. The summed E-state index contributed by atoms with van der Waals surface area (Å²) in [5.74, 6) is -0.427. The molecule has 0 saturated carbocycles. The smallest absolute Gasteiger partial charge is 0.278 e. The quantitative estimate of drug-likeness (QED) is 0.351. The minimum atomic E-state index is -0.482. The minimum Gasteiger partial charge on any atom is -0.364 e. The second kappa shape index (κ2) is 12.0. The highest BCUT2D eigenvalue weighted by Gasteiger charge is 2.37. The second-order valence-electron chi connectivity index (χ2n) is 9.70. The summed E-state index contributed by atoms with van der Waals surface area (Å²) >= 11 is 0. The highest BCUT2D eigenvalue weighted by molar-refractivity contribution is 6.08. The number of nitrogens with zero attached hydrogens (tertiary/aromatic N) is 3. The monoisotopic (exact) mass is 483 g/mol. The molecular weight excluding hydrogens is 444 g/mol. The Kier molecular flexibility index (Phi) is 9.01. The van der Waals surface area contributed by atoms with Crippen LogP contribution in [-0.4, -0.2) is 33.9 Å². The average molecular weight is 484 g/mol. The highest BCUT2D eigenvalue weighted by Crippen LogP contribution is 2.31. The number of anilines is 3. The van der Waals surface area contributed by atoms with Gasteiger partial charge >= 0.3 is 0 Å². The summed E-state index contributed by atoms with van der Waals surface area (Å²) in [7, 11) is 0. The highest BCUT2D eigenvalue weighted by atomic mass is 16.2. The normalized spacial score (nSPS) is 17.1. The number of aryl methyl sites for hydroxylation is 1. The van der Waals surface area contributed by atoms with E-state index in [1.54, 1.807) is 19.9 Å². The number of carbonyl (C=O) groups excluding carboxylic acids is 2. The summed E-state index contributed by atoms with van der Waals surface area (Å²) in [5, 5.41) is 5.83. The lowest BCUT2D eigenvalue weighted by Gasteiger charge is -2.38. The first kappa shape index (κ1) is 26.4. The molecule has 0 bridgehead atoms. The molecule has 0 radical (unpaired) electrons. The largest absolute Gasteiger partial charge is 0.364 e. The fraction of sp³-hybridized carbons (Fsp3) is 0.577. The molecule has 2 aromatic heterocycles. The van der Waals surface area contributed by atoms with E-state index in [2.05, 4.69) is 27.5 Å². The molecule has 2 aromatic rings. The van der Waals surface area contributed by atoms with Crippen LogP contribution in [0.4, 0.5) is 17.5 Å². The van der Waals surface area contributed by atoms with Crippen LogP contribution in [0.2, 0.25) is 0 Å². The van der Waals surface area contributed by atoms with Gasteiger partial charge in [0.1, 0.15) is 12.1 Å². The maximum atomic E-state index is 13.7. The first-order valence-corrected chi connectivity index (χ1v) is 12.8. The van der Waals surface area contributed by atoms with Crippen LogP contribution in [0.25, 0.3) is 0 Å². The molecule has 0 spiro atoms. The van der Waals surface area contributed by atoms with Crippen LogP contribution in [0.5, 0.6) is 0 Å². The lowest BCUT2D eigenvalue weighted by molar-refractivity contribution is -0.697. The molecule has 190 valence electrons. The summed E-state index contributed by atoms with van der Waals surface area (Å²) in [6, 6.07) is 3.22. The molecule has 2 amide bonds. The van der Waals surface area contributed by atoms with Gasteiger partial charge in [0.25, 0.3) is 11.5 Å². The average Bonchev–Trinajstić information content (AvgIpc) is 2.82. The van der Waals surface area contributed by atoms with E-state index in [1.807, 2.05) is 36.9 Å². The van der Waals surface area contributed by atoms with Crippen molar-refractivity contribution in [2.24, 2.45) is 5.92 Å². The summed E-state index contributed by atoms with van der Waals surface area (Å²) < 4.78 is 2.04. The Balaban J connectivity index is 1.83. The number of hydrogen-bond donors (Lipinski definition) is 3. The van der Waals surface area contributed by atoms with Gasteiger partial charge in [-0.1, -0.05) is 46.5 Å². The Morgan fingerprint density at radius 2 is 1.89 bits per heavy atom. The molecule has 1 aliphatic rings. The van der Waals surface area contributed by atoms with E-state index in [4.69, 9.17) is 0 Å². The second-order valence-corrected chi connectivity index (χ2v) is 9.70. The van der Waals surface area contributed by atoms with Gasteiger partial charge in [-0.25, -0.2) is 4.57 Å². The van der Waals surface area contributed by atoms with Crippen molar-refractivity contribution in [2.45, 2.75) is 91.8 Å².